The van der Waals surface area contributed by atoms with E-state index in [9.17, 15) is 4.79 Å². The lowest BCUT2D eigenvalue weighted by molar-refractivity contribution is 0.214. The summed E-state index contributed by atoms with van der Waals surface area (Å²) < 4.78 is 11.8. The van der Waals surface area contributed by atoms with Gasteiger partial charge >= 0.3 is 6.03 Å². The lowest BCUT2D eigenvalue weighted by Crippen LogP contribution is -2.39. The van der Waals surface area contributed by atoms with Crippen molar-refractivity contribution in [3.63, 3.8) is 0 Å². The minimum atomic E-state index is -0.0761. The van der Waals surface area contributed by atoms with E-state index in [-0.39, 0.29) is 6.03 Å². The number of rotatable bonds is 2. The number of aliphatic imine (C=N–C) groups is 1. The van der Waals surface area contributed by atoms with Gasteiger partial charge in [-0.25, -0.2) is 9.79 Å². The zero-order valence-corrected chi connectivity index (χ0v) is 20.4. The number of ether oxygens (including phenoxy) is 2. The number of benzene rings is 3. The number of hydrogen-bond acceptors (Lipinski definition) is 5. The molecular formula is C28H30N4O3. The monoisotopic (exact) mass is 470 g/mol. The molecule has 5 rings (SSSR count). The summed E-state index contributed by atoms with van der Waals surface area (Å²) >= 11 is 0. The van der Waals surface area contributed by atoms with Crippen molar-refractivity contribution in [2.75, 3.05) is 38.6 Å². The summed E-state index contributed by atoms with van der Waals surface area (Å²) in [6.07, 6.45) is 0.841. The van der Waals surface area contributed by atoms with Gasteiger partial charge in [0.2, 0.25) is 0 Å². The van der Waals surface area contributed by atoms with Gasteiger partial charge in [-0.15, -0.1) is 0 Å². The highest BCUT2D eigenvalue weighted by atomic mass is 16.5. The number of aryl methyl sites for hydroxylation is 2. The van der Waals surface area contributed by atoms with Crippen LogP contribution in [-0.4, -0.2) is 55.0 Å². The van der Waals surface area contributed by atoms with Gasteiger partial charge in [0.1, 0.15) is 23.0 Å². The average molecular weight is 471 g/mol. The van der Waals surface area contributed by atoms with Gasteiger partial charge in [0, 0.05) is 37.9 Å². The fourth-order valence-electron chi connectivity index (χ4n) is 4.40. The summed E-state index contributed by atoms with van der Waals surface area (Å²) in [6.45, 7) is 6.82. The number of amides is 2. The highest BCUT2D eigenvalue weighted by molar-refractivity contribution is 6.04. The molecule has 0 aromatic heterocycles. The van der Waals surface area contributed by atoms with E-state index in [2.05, 4.69) is 10.2 Å². The lowest BCUT2D eigenvalue weighted by atomic mass is 10.1. The van der Waals surface area contributed by atoms with Crippen molar-refractivity contribution >= 4 is 23.2 Å². The summed E-state index contributed by atoms with van der Waals surface area (Å²) in [5.74, 6) is 3.02. The molecule has 2 heterocycles. The van der Waals surface area contributed by atoms with E-state index in [1.54, 1.807) is 7.11 Å². The quantitative estimate of drug-likeness (QED) is 0.519. The number of fused-ring (bicyclic) bond motifs is 2. The minimum absolute atomic E-state index is 0.0761. The molecule has 2 aliphatic heterocycles. The van der Waals surface area contributed by atoms with Crippen LogP contribution in [0.5, 0.6) is 17.2 Å². The van der Waals surface area contributed by atoms with Crippen molar-refractivity contribution in [1.82, 2.24) is 9.80 Å². The van der Waals surface area contributed by atoms with E-state index in [0.29, 0.717) is 25.4 Å². The number of hydrogen-bond donors (Lipinski definition) is 1. The van der Waals surface area contributed by atoms with Gasteiger partial charge in [-0.3, -0.25) is 0 Å². The molecule has 0 spiro atoms. The predicted molar refractivity (Wildman–Crippen MR) is 138 cm³/mol. The Hall–Kier alpha value is -4.00. The third-order valence-electron chi connectivity index (χ3n) is 6.38. The van der Waals surface area contributed by atoms with Crippen molar-refractivity contribution in [1.29, 1.82) is 0 Å². The molecule has 1 fully saturated rings. The molecule has 3 aromatic carbocycles. The van der Waals surface area contributed by atoms with Crippen LogP contribution in [0.15, 0.2) is 65.7 Å². The van der Waals surface area contributed by atoms with Gasteiger partial charge in [0.15, 0.2) is 5.75 Å². The molecule has 0 radical (unpaired) electrons. The zero-order valence-electron chi connectivity index (χ0n) is 20.4. The first-order chi connectivity index (χ1) is 17.0. The second-order valence-corrected chi connectivity index (χ2v) is 8.99. The number of anilines is 1. The Labute approximate surface area is 206 Å². The Bertz CT molecular complexity index is 1270. The molecular weight excluding hydrogens is 440 g/mol. The summed E-state index contributed by atoms with van der Waals surface area (Å²) in [5.41, 5.74) is 4.78. The number of methoxy groups -OCH3 is 1. The minimum Gasteiger partial charge on any atom is -0.497 e. The van der Waals surface area contributed by atoms with Crippen LogP contribution < -0.4 is 14.8 Å². The van der Waals surface area contributed by atoms with Gasteiger partial charge in [-0.1, -0.05) is 23.8 Å². The van der Waals surface area contributed by atoms with E-state index < -0.39 is 0 Å². The highest BCUT2D eigenvalue weighted by Gasteiger charge is 2.26. The van der Waals surface area contributed by atoms with Crippen LogP contribution in [0.4, 0.5) is 16.2 Å². The second kappa shape index (κ2) is 9.70. The van der Waals surface area contributed by atoms with Gasteiger partial charge in [-0.05, 0) is 62.2 Å². The molecule has 2 amide bonds. The summed E-state index contributed by atoms with van der Waals surface area (Å²) in [6, 6.07) is 19.7. The Morgan fingerprint density at radius 1 is 0.914 bits per heavy atom. The number of nitrogens with zero attached hydrogens (tertiary/aromatic N) is 3. The van der Waals surface area contributed by atoms with E-state index in [4.69, 9.17) is 14.5 Å². The van der Waals surface area contributed by atoms with Crippen molar-refractivity contribution in [3.8, 4) is 17.2 Å². The molecule has 0 unspecified atom stereocenters. The van der Waals surface area contributed by atoms with Gasteiger partial charge < -0.3 is 24.6 Å². The van der Waals surface area contributed by atoms with E-state index in [0.717, 1.165) is 58.4 Å². The van der Waals surface area contributed by atoms with Crippen LogP contribution in [0, 0.1) is 13.8 Å². The smallest absolute Gasteiger partial charge is 0.321 e. The maximum atomic E-state index is 12.9. The molecule has 3 aromatic rings. The largest absolute Gasteiger partial charge is 0.497 e. The van der Waals surface area contributed by atoms with Gasteiger partial charge in [0.05, 0.1) is 12.7 Å². The van der Waals surface area contributed by atoms with Crippen LogP contribution in [0.1, 0.15) is 23.1 Å². The number of urea groups is 1. The number of carbonyl (C=O) groups excluding carboxylic acids is 1. The number of amidine groups is 1. The maximum Gasteiger partial charge on any atom is 0.321 e. The SMILES string of the molecule is COc1ccc2c(c1)Oc1cc(C)ccc1N=C2N1CCCN(C(=O)Nc2ccc(C)cc2)CC1. The Morgan fingerprint density at radius 2 is 1.71 bits per heavy atom. The van der Waals surface area contributed by atoms with Crippen molar-refractivity contribution in [3.05, 3.63) is 77.4 Å². The topological polar surface area (TPSA) is 66.4 Å². The third-order valence-corrected chi connectivity index (χ3v) is 6.38. The van der Waals surface area contributed by atoms with Gasteiger partial charge in [0.25, 0.3) is 0 Å². The Balaban J connectivity index is 1.40. The van der Waals surface area contributed by atoms with Crippen LogP contribution in [0.25, 0.3) is 0 Å². The van der Waals surface area contributed by atoms with E-state index >= 15 is 0 Å². The average Bonchev–Trinajstić information content (AvgIpc) is 3.19. The molecule has 7 heteroatoms. The van der Waals surface area contributed by atoms with Crippen molar-refractivity contribution < 1.29 is 14.3 Å². The van der Waals surface area contributed by atoms with Crippen molar-refractivity contribution in [2.45, 2.75) is 20.3 Å². The standard InChI is InChI=1S/C28H30N4O3/c1-19-5-8-21(9-6-19)29-28(33)32-14-4-13-31(15-16-32)27-23-11-10-22(34-3)18-25(23)35-26-17-20(2)7-12-24(26)30-27/h5-12,17-18H,4,13-16H2,1-3H3,(H,29,33). The second-order valence-electron chi connectivity index (χ2n) is 8.99. The molecule has 0 saturated carbocycles. The summed E-state index contributed by atoms with van der Waals surface area (Å²) in [4.78, 5) is 22.1. The Morgan fingerprint density at radius 3 is 2.51 bits per heavy atom. The molecule has 0 bridgehead atoms. The maximum absolute atomic E-state index is 12.9. The predicted octanol–water partition coefficient (Wildman–Crippen LogP) is 5.74. The van der Waals surface area contributed by atoms with E-state index in [1.165, 1.54) is 0 Å². The molecule has 7 nitrogen and oxygen atoms in total. The molecule has 1 N–H and O–H groups in total. The first-order valence-corrected chi connectivity index (χ1v) is 11.9. The normalized spacial score (nSPS) is 15.1. The first-order valence-electron chi connectivity index (χ1n) is 11.9. The molecule has 180 valence electrons. The third kappa shape index (κ3) is 4.94. The molecule has 35 heavy (non-hydrogen) atoms. The molecule has 0 aliphatic carbocycles. The number of carbonyl (C=O) groups is 1. The fourth-order valence-corrected chi connectivity index (χ4v) is 4.40. The molecule has 2 aliphatic rings. The lowest BCUT2D eigenvalue weighted by Gasteiger charge is -2.25. The number of nitrogens with one attached hydrogen (secondary N) is 1. The Kier molecular flexibility index (Phi) is 6.31. The van der Waals surface area contributed by atoms with Crippen LogP contribution in [0.3, 0.4) is 0 Å². The fraction of sp³-hybridized carbons (Fsp3) is 0.286. The zero-order chi connectivity index (χ0) is 24.4. The van der Waals surface area contributed by atoms with Crippen molar-refractivity contribution in [2.24, 2.45) is 4.99 Å². The van der Waals surface area contributed by atoms with Crippen LogP contribution in [-0.2, 0) is 0 Å². The van der Waals surface area contributed by atoms with Crippen LogP contribution in [0.2, 0.25) is 0 Å². The van der Waals surface area contributed by atoms with E-state index in [1.807, 2.05) is 79.4 Å². The van der Waals surface area contributed by atoms with Crippen LogP contribution >= 0.6 is 0 Å². The summed E-state index contributed by atoms with van der Waals surface area (Å²) in [5, 5.41) is 3.02. The highest BCUT2D eigenvalue weighted by Crippen LogP contribution is 2.40. The molecule has 0 atom stereocenters. The summed E-state index contributed by atoms with van der Waals surface area (Å²) in [7, 11) is 1.65. The molecule has 1 saturated heterocycles. The van der Waals surface area contributed by atoms with Gasteiger partial charge in [-0.2, -0.15) is 0 Å². The first kappa shape index (κ1) is 22.8.